The maximum absolute atomic E-state index is 13.5. The SMILES string of the molecule is O=C(CN(C(=O)C1CCS(=O)(=O)CC1)c1ccc2scnc2c1)Nc1ccc(-c2ncon2)cc1. The fourth-order valence-corrected chi connectivity index (χ4v) is 6.16. The molecule has 12 heteroatoms. The first kappa shape index (κ1) is 23.1. The molecule has 10 nitrogen and oxygen atoms in total. The molecule has 35 heavy (non-hydrogen) atoms. The quantitative estimate of drug-likeness (QED) is 0.417. The number of fused-ring (bicyclic) bond motifs is 1. The Morgan fingerprint density at radius 3 is 2.57 bits per heavy atom. The van der Waals surface area contributed by atoms with Gasteiger partial charge in [-0.15, -0.1) is 11.3 Å². The Hall–Kier alpha value is -3.64. The lowest BCUT2D eigenvalue weighted by Crippen LogP contribution is -2.43. The van der Waals surface area contributed by atoms with Crippen molar-refractivity contribution in [3.8, 4) is 11.4 Å². The van der Waals surface area contributed by atoms with Crippen molar-refractivity contribution in [3.63, 3.8) is 0 Å². The third-order valence-electron chi connectivity index (χ3n) is 5.89. The van der Waals surface area contributed by atoms with E-state index in [0.29, 0.717) is 17.2 Å². The minimum atomic E-state index is -3.12. The molecule has 3 heterocycles. The number of benzene rings is 2. The topological polar surface area (TPSA) is 135 Å². The summed E-state index contributed by atoms with van der Waals surface area (Å²) < 4.78 is 29.4. The van der Waals surface area contributed by atoms with E-state index in [9.17, 15) is 18.0 Å². The van der Waals surface area contributed by atoms with E-state index in [1.165, 1.54) is 22.6 Å². The summed E-state index contributed by atoms with van der Waals surface area (Å²) in [5, 5.41) is 6.59. The predicted molar refractivity (Wildman–Crippen MR) is 132 cm³/mol. The van der Waals surface area contributed by atoms with Crippen LogP contribution in [-0.2, 0) is 19.4 Å². The van der Waals surface area contributed by atoms with Crippen molar-refractivity contribution in [2.24, 2.45) is 5.92 Å². The van der Waals surface area contributed by atoms with Crippen molar-refractivity contribution in [3.05, 3.63) is 54.4 Å². The van der Waals surface area contributed by atoms with Gasteiger partial charge in [-0.1, -0.05) is 5.16 Å². The Bertz CT molecular complexity index is 1450. The van der Waals surface area contributed by atoms with Crippen LogP contribution in [0.1, 0.15) is 12.8 Å². The summed E-state index contributed by atoms with van der Waals surface area (Å²) in [7, 11) is -3.12. The van der Waals surface area contributed by atoms with Crippen molar-refractivity contribution in [2.45, 2.75) is 12.8 Å². The molecule has 1 aliphatic rings. The van der Waals surface area contributed by atoms with Crippen LogP contribution in [0, 0.1) is 5.92 Å². The number of rotatable bonds is 6. The summed E-state index contributed by atoms with van der Waals surface area (Å²) in [5.41, 5.74) is 4.28. The summed E-state index contributed by atoms with van der Waals surface area (Å²) in [6.07, 6.45) is 1.73. The molecule has 0 saturated carbocycles. The van der Waals surface area contributed by atoms with E-state index in [1.807, 2.05) is 6.07 Å². The van der Waals surface area contributed by atoms with Crippen LogP contribution in [0.3, 0.4) is 0 Å². The number of nitrogens with one attached hydrogen (secondary N) is 1. The number of thiazole rings is 1. The van der Waals surface area contributed by atoms with Gasteiger partial charge in [0.05, 0.1) is 27.2 Å². The van der Waals surface area contributed by atoms with Crippen LogP contribution in [0.15, 0.2) is 58.9 Å². The molecule has 0 bridgehead atoms. The summed E-state index contributed by atoms with van der Waals surface area (Å²) in [6.45, 7) is -0.218. The zero-order valence-electron chi connectivity index (χ0n) is 18.5. The molecule has 0 aliphatic carbocycles. The highest BCUT2D eigenvalue weighted by atomic mass is 32.2. The zero-order valence-corrected chi connectivity index (χ0v) is 20.1. The summed E-state index contributed by atoms with van der Waals surface area (Å²) in [4.78, 5) is 36.1. The smallest absolute Gasteiger partial charge is 0.244 e. The molecule has 2 aromatic carbocycles. The Labute approximate surface area is 204 Å². The number of anilines is 2. The molecule has 1 saturated heterocycles. The van der Waals surface area contributed by atoms with Crippen molar-refractivity contribution < 1.29 is 22.5 Å². The number of carbonyl (C=O) groups is 2. The van der Waals surface area contributed by atoms with Crippen LogP contribution in [0.2, 0.25) is 0 Å². The molecule has 0 spiro atoms. The van der Waals surface area contributed by atoms with Crippen molar-refractivity contribution in [2.75, 3.05) is 28.3 Å². The normalized spacial score (nSPS) is 15.7. The molecule has 0 unspecified atom stereocenters. The maximum atomic E-state index is 13.5. The number of hydrogen-bond donors (Lipinski definition) is 1. The van der Waals surface area contributed by atoms with Crippen molar-refractivity contribution in [1.29, 1.82) is 0 Å². The molecule has 0 radical (unpaired) electrons. The Kier molecular flexibility index (Phi) is 6.31. The number of carbonyl (C=O) groups excluding carboxylic acids is 2. The third kappa shape index (κ3) is 5.23. The van der Waals surface area contributed by atoms with E-state index in [2.05, 4.69) is 20.4 Å². The van der Waals surface area contributed by atoms with Gasteiger partial charge < -0.3 is 14.7 Å². The first-order valence-corrected chi connectivity index (χ1v) is 13.6. The zero-order chi connectivity index (χ0) is 24.4. The van der Waals surface area contributed by atoms with E-state index in [-0.39, 0.29) is 42.7 Å². The van der Waals surface area contributed by atoms with Crippen LogP contribution in [0.4, 0.5) is 11.4 Å². The van der Waals surface area contributed by atoms with Gasteiger partial charge in [0, 0.05) is 22.9 Å². The lowest BCUT2D eigenvalue weighted by Gasteiger charge is -2.29. The van der Waals surface area contributed by atoms with Crippen LogP contribution in [0.5, 0.6) is 0 Å². The molecule has 5 rings (SSSR count). The molecule has 0 atom stereocenters. The highest BCUT2D eigenvalue weighted by Gasteiger charge is 2.33. The monoisotopic (exact) mass is 511 g/mol. The highest BCUT2D eigenvalue weighted by molar-refractivity contribution is 7.91. The number of aromatic nitrogens is 3. The van der Waals surface area contributed by atoms with Gasteiger partial charge in [0.2, 0.25) is 24.0 Å². The van der Waals surface area contributed by atoms with E-state index >= 15 is 0 Å². The standard InChI is InChI=1S/C23H21N5O5S2/c29-21(26-17-3-1-15(2-4-17)22-24-13-33-27-22)12-28(18-5-6-20-19(11-18)25-14-34-20)23(30)16-7-9-35(31,32)10-8-16/h1-6,11,13-14,16H,7-10,12H2,(H,26,29). The van der Waals surface area contributed by atoms with Gasteiger partial charge in [-0.25, -0.2) is 13.4 Å². The first-order chi connectivity index (χ1) is 16.9. The average Bonchev–Trinajstić information content (AvgIpc) is 3.54. The largest absolute Gasteiger partial charge is 0.342 e. The molecule has 2 aromatic heterocycles. The average molecular weight is 512 g/mol. The number of amides is 2. The van der Waals surface area contributed by atoms with Gasteiger partial charge in [0.1, 0.15) is 16.4 Å². The van der Waals surface area contributed by atoms with Gasteiger partial charge in [0.15, 0.2) is 0 Å². The second-order valence-corrected chi connectivity index (χ2v) is 11.4. The Morgan fingerprint density at radius 2 is 1.86 bits per heavy atom. The van der Waals surface area contributed by atoms with E-state index in [4.69, 9.17) is 4.52 Å². The molecule has 2 amide bonds. The molecular formula is C23H21N5O5S2. The Morgan fingerprint density at radius 1 is 1.09 bits per heavy atom. The summed E-state index contributed by atoms with van der Waals surface area (Å²) in [6, 6.07) is 12.3. The van der Waals surface area contributed by atoms with Gasteiger partial charge in [-0.3, -0.25) is 9.59 Å². The van der Waals surface area contributed by atoms with Gasteiger partial charge >= 0.3 is 0 Å². The molecular weight excluding hydrogens is 490 g/mol. The maximum Gasteiger partial charge on any atom is 0.244 e. The third-order valence-corrected chi connectivity index (χ3v) is 8.41. The van der Waals surface area contributed by atoms with Crippen molar-refractivity contribution in [1.82, 2.24) is 15.1 Å². The van der Waals surface area contributed by atoms with Crippen LogP contribution in [0.25, 0.3) is 21.6 Å². The van der Waals surface area contributed by atoms with Crippen LogP contribution >= 0.6 is 11.3 Å². The molecule has 4 aromatic rings. The van der Waals surface area contributed by atoms with Crippen LogP contribution < -0.4 is 10.2 Å². The minimum absolute atomic E-state index is 0.0265. The fourth-order valence-electron chi connectivity index (χ4n) is 4.01. The van der Waals surface area contributed by atoms with Gasteiger partial charge in [-0.2, -0.15) is 4.98 Å². The molecule has 1 aliphatic heterocycles. The minimum Gasteiger partial charge on any atom is -0.342 e. The van der Waals surface area contributed by atoms with Gasteiger partial charge in [0.25, 0.3) is 0 Å². The van der Waals surface area contributed by atoms with Gasteiger partial charge in [-0.05, 0) is 55.3 Å². The number of sulfone groups is 1. The molecule has 1 fully saturated rings. The summed E-state index contributed by atoms with van der Waals surface area (Å²) >= 11 is 1.48. The first-order valence-electron chi connectivity index (χ1n) is 10.9. The lowest BCUT2D eigenvalue weighted by molar-refractivity contribution is -0.124. The van der Waals surface area contributed by atoms with E-state index < -0.39 is 15.8 Å². The lowest BCUT2D eigenvalue weighted by atomic mass is 10.0. The number of hydrogen-bond acceptors (Lipinski definition) is 9. The Balaban J connectivity index is 1.35. The second kappa shape index (κ2) is 9.55. The predicted octanol–water partition coefficient (Wildman–Crippen LogP) is 3.14. The molecule has 1 N–H and O–H groups in total. The molecule has 180 valence electrons. The highest BCUT2D eigenvalue weighted by Crippen LogP contribution is 2.28. The van der Waals surface area contributed by atoms with Crippen molar-refractivity contribution >= 4 is 54.6 Å². The van der Waals surface area contributed by atoms with E-state index in [0.717, 1.165) is 15.8 Å². The number of nitrogens with zero attached hydrogens (tertiary/aromatic N) is 4. The fraction of sp³-hybridized carbons (Fsp3) is 0.261. The van der Waals surface area contributed by atoms with Crippen LogP contribution in [-0.4, -0.2) is 53.4 Å². The van der Waals surface area contributed by atoms with E-state index in [1.54, 1.807) is 41.9 Å². The summed E-state index contributed by atoms with van der Waals surface area (Å²) in [5.74, 6) is -0.731. The second-order valence-electron chi connectivity index (χ2n) is 8.24.